The Kier molecular flexibility index (Phi) is 14.3. The Bertz CT molecular complexity index is 3040. The molecule has 11 nitrogen and oxygen atoms in total. The number of rotatable bonds is 14. The topological polar surface area (TPSA) is 152 Å². The van der Waals surface area contributed by atoms with Crippen molar-refractivity contribution in [1.29, 1.82) is 0 Å². The van der Waals surface area contributed by atoms with Crippen LogP contribution in [0.1, 0.15) is 34.3 Å². The molecular weight excluding hydrogens is 852 g/mol. The van der Waals surface area contributed by atoms with Gasteiger partial charge in [-0.15, -0.1) is 0 Å². The molecule has 7 aromatic carbocycles. The minimum atomic E-state index is -0.664. The number of fused-ring (bicyclic) bond motifs is 2. The number of phenols is 2. The van der Waals surface area contributed by atoms with Gasteiger partial charge in [-0.1, -0.05) is 127 Å². The number of aromatic nitrogens is 2. The van der Waals surface area contributed by atoms with Gasteiger partial charge >= 0.3 is 0 Å². The van der Waals surface area contributed by atoms with E-state index in [1.165, 1.54) is 0 Å². The van der Waals surface area contributed by atoms with E-state index in [4.69, 9.17) is 25.8 Å². The van der Waals surface area contributed by atoms with Crippen LogP contribution in [0.5, 0.6) is 34.5 Å². The molecule has 9 aromatic rings. The van der Waals surface area contributed by atoms with Crippen LogP contribution >= 0.6 is 11.6 Å². The van der Waals surface area contributed by atoms with Crippen molar-refractivity contribution < 1.29 is 34.0 Å². The van der Waals surface area contributed by atoms with Crippen molar-refractivity contribution in [2.75, 3.05) is 13.2 Å². The number of carbonyl (C=O) groups excluding carboxylic acids is 2. The zero-order valence-electron chi connectivity index (χ0n) is 35.3. The molecule has 0 spiro atoms. The number of ether oxygens (including phenoxy) is 3. The van der Waals surface area contributed by atoms with Gasteiger partial charge in [0.05, 0.1) is 17.1 Å². The third-order valence-electron chi connectivity index (χ3n) is 10.4. The van der Waals surface area contributed by atoms with Crippen molar-refractivity contribution in [3.63, 3.8) is 0 Å². The molecular formula is C54H43ClN4O7. The first kappa shape index (κ1) is 44.2. The van der Waals surface area contributed by atoms with Crippen LogP contribution in [0.2, 0.25) is 5.02 Å². The first-order valence-electron chi connectivity index (χ1n) is 21.0. The van der Waals surface area contributed by atoms with Gasteiger partial charge in [-0.05, 0) is 83.9 Å². The number of benzene rings is 7. The van der Waals surface area contributed by atoms with E-state index < -0.39 is 12.1 Å². The molecule has 0 fully saturated rings. The van der Waals surface area contributed by atoms with Crippen LogP contribution in [0.15, 0.2) is 200 Å². The van der Waals surface area contributed by atoms with Gasteiger partial charge in [-0.2, -0.15) is 0 Å². The first-order chi connectivity index (χ1) is 32.3. The van der Waals surface area contributed by atoms with Crippen LogP contribution in [0.3, 0.4) is 0 Å². The second kappa shape index (κ2) is 21.3. The number of halogens is 1. The lowest BCUT2D eigenvalue weighted by atomic mass is 9.96. The highest BCUT2D eigenvalue weighted by Crippen LogP contribution is 2.39. The Morgan fingerprint density at radius 3 is 1.55 bits per heavy atom. The summed E-state index contributed by atoms with van der Waals surface area (Å²) in [5.41, 5.74) is 3.52. The number of para-hydroxylation sites is 2. The van der Waals surface area contributed by atoms with E-state index >= 15 is 0 Å². The van der Waals surface area contributed by atoms with Gasteiger partial charge in [-0.3, -0.25) is 19.6 Å². The molecule has 2 heterocycles. The minimum Gasteiger partial charge on any atom is -0.505 e. The minimum absolute atomic E-state index is 0.0379. The lowest BCUT2D eigenvalue weighted by molar-refractivity contribution is -0.124. The second-order valence-corrected chi connectivity index (χ2v) is 15.3. The van der Waals surface area contributed by atoms with E-state index in [1.54, 1.807) is 67.0 Å². The van der Waals surface area contributed by atoms with Crippen LogP contribution in [-0.4, -0.2) is 45.2 Å². The number of nitrogens with one attached hydrogen (secondary N) is 2. The molecule has 0 aliphatic rings. The van der Waals surface area contributed by atoms with Gasteiger partial charge in [0.2, 0.25) is 0 Å². The average Bonchev–Trinajstić information content (AvgIpc) is 3.37. The molecule has 0 saturated carbocycles. The molecule has 4 N–H and O–H groups in total. The van der Waals surface area contributed by atoms with Gasteiger partial charge in [-0.25, -0.2) is 0 Å². The molecule has 328 valence electrons. The standard InChI is InChI=1S/C30H23ClN2O4.C24H20N2O3/c31-26-18-25(30(35)29-24(26)12-7-17-32-29)28(20-8-3-1-4-9-20)33-27(34)19-36-21-13-15-23(16-14-21)37-22-10-5-2-6-11-22;27-21(16-29-19-11-5-2-6-12-19)26-22(17-8-3-1-4-9-17)20-14-13-18-10-7-15-25-23(18)24(20)28/h1-18,28,35H,19H2,(H,33,34);1-15,22,28H,16H2,(H,26,27). The molecule has 2 unspecified atom stereocenters. The highest BCUT2D eigenvalue weighted by Gasteiger charge is 2.24. The van der Waals surface area contributed by atoms with Gasteiger partial charge < -0.3 is 35.1 Å². The Balaban J connectivity index is 0.000000185. The van der Waals surface area contributed by atoms with Crippen molar-refractivity contribution in [2.45, 2.75) is 12.1 Å². The number of amides is 2. The van der Waals surface area contributed by atoms with Crippen LogP contribution in [-0.2, 0) is 9.59 Å². The summed E-state index contributed by atoms with van der Waals surface area (Å²) < 4.78 is 17.0. The van der Waals surface area contributed by atoms with Gasteiger partial charge in [0, 0.05) is 34.3 Å². The average molecular weight is 895 g/mol. The SMILES string of the molecule is O=C(COc1ccc(Oc2ccccc2)cc1)NC(c1ccccc1)c1cc(Cl)c2cccnc2c1O.O=C(COc1ccccc1)NC(c1ccccc1)c1ccc2cccnc2c1O. The third-order valence-corrected chi connectivity index (χ3v) is 10.7. The van der Waals surface area contributed by atoms with Crippen LogP contribution < -0.4 is 24.8 Å². The Hall–Kier alpha value is -8.41. The van der Waals surface area contributed by atoms with E-state index in [2.05, 4.69) is 20.6 Å². The summed E-state index contributed by atoms with van der Waals surface area (Å²) in [5, 5.41) is 29.7. The highest BCUT2D eigenvalue weighted by atomic mass is 35.5. The van der Waals surface area contributed by atoms with Crippen molar-refractivity contribution in [1.82, 2.24) is 20.6 Å². The van der Waals surface area contributed by atoms with Crippen molar-refractivity contribution >= 4 is 45.2 Å². The molecule has 0 aliphatic carbocycles. The van der Waals surface area contributed by atoms with Crippen molar-refractivity contribution in [2.24, 2.45) is 0 Å². The number of aromatic hydroxyl groups is 2. The Morgan fingerprint density at radius 2 is 0.955 bits per heavy atom. The largest absolute Gasteiger partial charge is 0.505 e. The molecule has 9 rings (SSSR count). The Labute approximate surface area is 385 Å². The maximum atomic E-state index is 13.0. The predicted octanol–water partition coefficient (Wildman–Crippen LogP) is 10.9. The molecule has 2 aromatic heterocycles. The van der Waals surface area contributed by atoms with E-state index in [1.807, 2.05) is 133 Å². The summed E-state index contributed by atoms with van der Waals surface area (Å²) in [7, 11) is 0. The molecule has 0 aliphatic heterocycles. The molecule has 0 saturated heterocycles. The summed E-state index contributed by atoms with van der Waals surface area (Å²) in [6.45, 7) is -0.345. The number of hydrogen-bond acceptors (Lipinski definition) is 9. The number of pyridine rings is 2. The maximum absolute atomic E-state index is 13.0. The number of nitrogens with zero attached hydrogens (tertiary/aromatic N) is 2. The fourth-order valence-corrected chi connectivity index (χ4v) is 7.50. The van der Waals surface area contributed by atoms with Crippen LogP contribution in [0.25, 0.3) is 21.8 Å². The Morgan fingerprint density at radius 1 is 0.500 bits per heavy atom. The monoisotopic (exact) mass is 894 g/mol. The van der Waals surface area contributed by atoms with Gasteiger partial charge in [0.15, 0.2) is 13.2 Å². The first-order valence-corrected chi connectivity index (χ1v) is 21.3. The summed E-state index contributed by atoms with van der Waals surface area (Å²) in [6, 6.07) is 55.9. The fourth-order valence-electron chi connectivity index (χ4n) is 7.22. The lowest BCUT2D eigenvalue weighted by Crippen LogP contribution is -2.33. The quantitative estimate of drug-likeness (QED) is 0.0836. The van der Waals surface area contributed by atoms with E-state index in [9.17, 15) is 19.8 Å². The zero-order chi connectivity index (χ0) is 45.7. The third kappa shape index (κ3) is 11.0. The molecule has 66 heavy (non-hydrogen) atoms. The number of carbonyl (C=O) groups is 2. The summed E-state index contributed by atoms with van der Waals surface area (Å²) >= 11 is 6.51. The fraction of sp³-hybridized carbons (Fsp3) is 0.0741. The summed E-state index contributed by atoms with van der Waals surface area (Å²) in [5.74, 6) is 1.90. The zero-order valence-corrected chi connectivity index (χ0v) is 36.1. The summed E-state index contributed by atoms with van der Waals surface area (Å²) in [6.07, 6.45) is 3.22. The van der Waals surface area contributed by atoms with Crippen LogP contribution in [0.4, 0.5) is 0 Å². The van der Waals surface area contributed by atoms with Gasteiger partial charge in [0.25, 0.3) is 11.8 Å². The molecule has 0 bridgehead atoms. The van der Waals surface area contributed by atoms with E-state index in [0.717, 1.165) is 22.3 Å². The van der Waals surface area contributed by atoms with Gasteiger partial charge in [0.1, 0.15) is 45.5 Å². The molecule has 0 radical (unpaired) electrons. The summed E-state index contributed by atoms with van der Waals surface area (Å²) in [4.78, 5) is 34.1. The van der Waals surface area contributed by atoms with Crippen molar-refractivity contribution in [3.05, 3.63) is 228 Å². The maximum Gasteiger partial charge on any atom is 0.258 e. The number of hydrogen-bond donors (Lipinski definition) is 4. The van der Waals surface area contributed by atoms with E-state index in [0.29, 0.717) is 49.8 Å². The smallest absolute Gasteiger partial charge is 0.258 e. The normalized spacial score (nSPS) is 11.7. The van der Waals surface area contributed by atoms with Crippen molar-refractivity contribution in [3.8, 4) is 34.5 Å². The highest BCUT2D eigenvalue weighted by molar-refractivity contribution is 6.35. The molecule has 12 heteroatoms. The van der Waals surface area contributed by atoms with Crippen LogP contribution in [0, 0.1) is 0 Å². The molecule has 2 atom stereocenters. The van der Waals surface area contributed by atoms with E-state index in [-0.39, 0.29) is 36.5 Å². The number of phenolic OH excluding ortho intramolecular Hbond substituents is 2. The second-order valence-electron chi connectivity index (χ2n) is 14.9. The molecule has 2 amide bonds. The predicted molar refractivity (Wildman–Crippen MR) is 255 cm³/mol. The lowest BCUT2D eigenvalue weighted by Gasteiger charge is -2.22.